The van der Waals surface area contributed by atoms with Crippen molar-refractivity contribution in [3.63, 3.8) is 0 Å². The molecule has 1 heterocycles. The van der Waals surface area contributed by atoms with Gasteiger partial charge in [-0.1, -0.05) is 6.07 Å². The number of ether oxygens (including phenoxy) is 3. The summed E-state index contributed by atoms with van der Waals surface area (Å²) in [6.45, 7) is 6.28. The Hall–Kier alpha value is -4.15. The number of carbonyl (C=O) groups is 2. The van der Waals surface area contributed by atoms with Crippen molar-refractivity contribution in [2.75, 3.05) is 14.2 Å². The molecule has 0 saturated heterocycles. The highest BCUT2D eigenvalue weighted by Crippen LogP contribution is 2.34. The van der Waals surface area contributed by atoms with Crippen molar-refractivity contribution in [1.29, 1.82) is 0 Å². The normalized spacial score (nSPS) is 12.0. The van der Waals surface area contributed by atoms with Gasteiger partial charge in [0, 0.05) is 17.7 Å². The molecule has 1 unspecified atom stereocenters. The van der Waals surface area contributed by atoms with E-state index in [0.717, 1.165) is 12.1 Å². The first-order valence-corrected chi connectivity index (χ1v) is 11.4. The van der Waals surface area contributed by atoms with E-state index in [1.165, 1.54) is 20.3 Å². The van der Waals surface area contributed by atoms with Gasteiger partial charge in [0.1, 0.15) is 17.2 Å². The fourth-order valence-electron chi connectivity index (χ4n) is 3.38. The van der Waals surface area contributed by atoms with E-state index in [2.05, 4.69) is 15.6 Å². The minimum absolute atomic E-state index is 0.0159. The zero-order valence-corrected chi connectivity index (χ0v) is 21.4. The summed E-state index contributed by atoms with van der Waals surface area (Å²) in [5.41, 5.74) is -0.770. The van der Waals surface area contributed by atoms with Crippen LogP contribution in [0.15, 0.2) is 40.8 Å². The van der Waals surface area contributed by atoms with Gasteiger partial charge in [0.05, 0.1) is 20.3 Å². The van der Waals surface area contributed by atoms with Crippen LogP contribution in [0.25, 0.3) is 11.5 Å². The van der Waals surface area contributed by atoms with Crippen molar-refractivity contribution in [3.05, 3.63) is 65.1 Å². The lowest BCUT2D eigenvalue weighted by Gasteiger charge is -2.21. The fourth-order valence-corrected chi connectivity index (χ4v) is 3.38. The van der Waals surface area contributed by atoms with Crippen LogP contribution in [0.3, 0.4) is 0 Å². The van der Waals surface area contributed by atoms with Gasteiger partial charge in [0.25, 0.3) is 5.91 Å². The number of benzene rings is 2. The predicted molar refractivity (Wildman–Crippen MR) is 130 cm³/mol. The van der Waals surface area contributed by atoms with Gasteiger partial charge in [0.2, 0.25) is 5.89 Å². The highest BCUT2D eigenvalue weighted by molar-refractivity contribution is 5.94. The third-order valence-electron chi connectivity index (χ3n) is 5.11. The molecule has 198 valence electrons. The molecular formula is C26H29F2N3O6. The Kier molecular flexibility index (Phi) is 8.36. The van der Waals surface area contributed by atoms with E-state index >= 15 is 0 Å². The number of hydrogen-bond acceptors (Lipinski definition) is 7. The summed E-state index contributed by atoms with van der Waals surface area (Å²) >= 11 is 0. The smallest absolute Gasteiger partial charge is 0.408 e. The van der Waals surface area contributed by atoms with E-state index < -0.39 is 41.8 Å². The first kappa shape index (κ1) is 27.4. The van der Waals surface area contributed by atoms with Crippen molar-refractivity contribution in [2.24, 2.45) is 0 Å². The minimum atomic E-state index is -0.845. The molecule has 37 heavy (non-hydrogen) atoms. The number of aromatic nitrogens is 1. The summed E-state index contributed by atoms with van der Waals surface area (Å²) in [7, 11) is 2.96. The van der Waals surface area contributed by atoms with Gasteiger partial charge in [-0.05, 0) is 58.0 Å². The lowest BCUT2D eigenvalue weighted by molar-refractivity contribution is 0.0501. The first-order valence-electron chi connectivity index (χ1n) is 11.4. The van der Waals surface area contributed by atoms with E-state index in [1.54, 1.807) is 45.9 Å². The molecule has 11 heteroatoms. The molecular weight excluding hydrogens is 488 g/mol. The SMILES string of the molecule is COc1ccc(-c2nc(C(=O)NCc3c(F)cccc3F)c(C(C)NC(=O)OC(C)(C)C)o2)cc1OC. The van der Waals surface area contributed by atoms with Crippen molar-refractivity contribution in [3.8, 4) is 23.0 Å². The van der Waals surface area contributed by atoms with Gasteiger partial charge >= 0.3 is 6.09 Å². The van der Waals surface area contributed by atoms with Crippen LogP contribution in [0.5, 0.6) is 11.5 Å². The Labute approximate surface area is 213 Å². The topological polar surface area (TPSA) is 112 Å². The maximum absolute atomic E-state index is 14.0. The van der Waals surface area contributed by atoms with Crippen molar-refractivity contribution < 1.29 is 37.0 Å². The van der Waals surface area contributed by atoms with Crippen LogP contribution >= 0.6 is 0 Å². The molecule has 0 aliphatic carbocycles. The molecule has 0 saturated carbocycles. The molecule has 0 bridgehead atoms. The number of methoxy groups -OCH3 is 2. The summed E-state index contributed by atoms with van der Waals surface area (Å²) < 4.78 is 49.8. The molecule has 1 atom stereocenters. The van der Waals surface area contributed by atoms with Crippen LogP contribution in [-0.2, 0) is 11.3 Å². The van der Waals surface area contributed by atoms with Gasteiger partial charge in [-0.15, -0.1) is 0 Å². The highest BCUT2D eigenvalue weighted by atomic mass is 19.1. The zero-order chi connectivity index (χ0) is 27.3. The molecule has 2 N–H and O–H groups in total. The molecule has 3 rings (SSSR count). The van der Waals surface area contributed by atoms with Crippen LogP contribution in [0.1, 0.15) is 55.5 Å². The Balaban J connectivity index is 1.95. The Morgan fingerprint density at radius 3 is 2.30 bits per heavy atom. The molecule has 3 aromatic rings. The number of carbonyl (C=O) groups excluding carboxylic acids is 2. The van der Waals surface area contributed by atoms with Crippen molar-refractivity contribution >= 4 is 12.0 Å². The summed E-state index contributed by atoms with van der Waals surface area (Å²) in [4.78, 5) is 29.7. The molecule has 2 amide bonds. The number of halogens is 2. The molecule has 0 aliphatic rings. The molecule has 0 fully saturated rings. The third kappa shape index (κ3) is 6.75. The molecule has 0 aliphatic heterocycles. The molecule has 9 nitrogen and oxygen atoms in total. The Morgan fingerprint density at radius 2 is 1.70 bits per heavy atom. The number of alkyl carbamates (subject to hydrolysis) is 1. The monoisotopic (exact) mass is 517 g/mol. The summed E-state index contributed by atoms with van der Waals surface area (Å²) in [5.74, 6) is -1.41. The van der Waals surface area contributed by atoms with E-state index in [9.17, 15) is 18.4 Å². The highest BCUT2D eigenvalue weighted by Gasteiger charge is 2.28. The lowest BCUT2D eigenvalue weighted by Crippen LogP contribution is -2.35. The predicted octanol–water partition coefficient (Wildman–Crippen LogP) is 5.15. The summed E-state index contributed by atoms with van der Waals surface area (Å²) in [5, 5.41) is 5.07. The first-order chi connectivity index (χ1) is 17.4. The van der Waals surface area contributed by atoms with Gasteiger partial charge in [-0.2, -0.15) is 0 Å². The fraction of sp³-hybridized carbons (Fsp3) is 0.346. The summed E-state index contributed by atoms with van der Waals surface area (Å²) in [6.07, 6.45) is -0.733. The second-order valence-electron chi connectivity index (χ2n) is 9.05. The second-order valence-corrected chi connectivity index (χ2v) is 9.05. The van der Waals surface area contributed by atoms with Crippen molar-refractivity contribution in [2.45, 2.75) is 45.9 Å². The number of rotatable bonds is 8. The largest absolute Gasteiger partial charge is 0.493 e. The van der Waals surface area contributed by atoms with Gasteiger partial charge in [-0.3, -0.25) is 4.79 Å². The van der Waals surface area contributed by atoms with E-state index in [0.29, 0.717) is 17.1 Å². The maximum atomic E-state index is 14.0. The minimum Gasteiger partial charge on any atom is -0.493 e. The standard InChI is InChI=1S/C26H29F2N3O6/c1-14(30-25(33)37-26(2,3)4)22-21(23(32)29-13-16-17(27)8-7-9-18(16)28)31-24(36-22)15-10-11-19(34-5)20(12-15)35-6/h7-12,14H,13H2,1-6H3,(H,29,32)(H,30,33). The third-order valence-corrected chi connectivity index (χ3v) is 5.11. The van der Waals surface area contributed by atoms with Gasteiger partial charge in [-0.25, -0.2) is 18.6 Å². The average Bonchev–Trinajstić information content (AvgIpc) is 3.28. The molecule has 0 spiro atoms. The lowest BCUT2D eigenvalue weighted by atomic mass is 10.1. The number of hydrogen-bond donors (Lipinski definition) is 2. The van der Waals surface area contributed by atoms with Crippen LogP contribution < -0.4 is 20.1 Å². The molecule has 2 aromatic carbocycles. The van der Waals surface area contributed by atoms with Crippen LogP contribution in [-0.4, -0.2) is 36.8 Å². The number of nitrogens with one attached hydrogen (secondary N) is 2. The second kappa shape index (κ2) is 11.3. The van der Waals surface area contributed by atoms with E-state index in [1.807, 2.05) is 0 Å². The van der Waals surface area contributed by atoms with Gasteiger partial charge < -0.3 is 29.3 Å². The average molecular weight is 518 g/mol. The van der Waals surface area contributed by atoms with Crippen LogP contribution in [0, 0.1) is 11.6 Å². The van der Waals surface area contributed by atoms with Crippen molar-refractivity contribution in [1.82, 2.24) is 15.6 Å². The maximum Gasteiger partial charge on any atom is 0.408 e. The molecule has 1 aromatic heterocycles. The van der Waals surface area contributed by atoms with E-state index in [4.69, 9.17) is 18.6 Å². The Morgan fingerprint density at radius 1 is 1.05 bits per heavy atom. The number of oxazole rings is 1. The Bertz CT molecular complexity index is 1270. The zero-order valence-electron chi connectivity index (χ0n) is 21.4. The molecule has 0 radical (unpaired) electrons. The summed E-state index contributed by atoms with van der Waals surface area (Å²) in [6, 6.07) is 7.46. The number of nitrogens with zero attached hydrogens (tertiary/aromatic N) is 1. The quantitative estimate of drug-likeness (QED) is 0.425. The van der Waals surface area contributed by atoms with Gasteiger partial charge in [0.15, 0.2) is 23.0 Å². The van der Waals surface area contributed by atoms with E-state index in [-0.39, 0.29) is 22.9 Å². The van der Waals surface area contributed by atoms with Crippen LogP contribution in [0.4, 0.5) is 13.6 Å². The van der Waals surface area contributed by atoms with Crippen LogP contribution in [0.2, 0.25) is 0 Å². The number of amides is 2.